The van der Waals surface area contributed by atoms with E-state index in [1.54, 1.807) is 47.4 Å². The Bertz CT molecular complexity index is 1230. The molecule has 3 fully saturated rings. The molecule has 0 spiro atoms. The van der Waals surface area contributed by atoms with Gasteiger partial charge in [0.15, 0.2) is 0 Å². The number of allylic oxidation sites excluding steroid dienone is 2. The van der Waals surface area contributed by atoms with Crippen LogP contribution in [0.25, 0.3) is 0 Å². The third kappa shape index (κ3) is 3.26. The van der Waals surface area contributed by atoms with Crippen molar-refractivity contribution in [2.75, 3.05) is 16.3 Å². The number of fused-ring (bicyclic) bond motifs is 5. The van der Waals surface area contributed by atoms with Gasteiger partial charge in [0.05, 0.1) is 23.4 Å². The quantitative estimate of drug-likeness (QED) is 0.291. The van der Waals surface area contributed by atoms with Crippen LogP contribution in [0, 0.1) is 29.6 Å². The van der Waals surface area contributed by atoms with Crippen molar-refractivity contribution < 1.29 is 23.9 Å². The van der Waals surface area contributed by atoms with Gasteiger partial charge >= 0.3 is 5.97 Å². The first-order chi connectivity index (χ1) is 16.4. The van der Waals surface area contributed by atoms with E-state index in [4.69, 9.17) is 16.3 Å². The number of rotatable bonds is 4. The Morgan fingerprint density at radius 3 is 2.26 bits per heavy atom. The largest absolute Gasteiger partial charge is 0.426 e. The second kappa shape index (κ2) is 7.81. The van der Waals surface area contributed by atoms with Crippen LogP contribution in [-0.2, 0) is 19.2 Å². The molecule has 34 heavy (non-hydrogen) atoms. The number of carbonyl (C=O) groups is 4. The average molecular weight is 477 g/mol. The lowest BCUT2D eigenvalue weighted by Gasteiger charge is -2.18. The summed E-state index contributed by atoms with van der Waals surface area (Å²) in [6, 6.07) is 13.3. The van der Waals surface area contributed by atoms with E-state index < -0.39 is 11.9 Å². The number of carbonyl (C=O) groups excluding carboxylic acids is 4. The minimum absolute atomic E-state index is 0.0450. The smallest absolute Gasteiger partial charge is 0.316 e. The molecule has 2 aliphatic heterocycles. The number of benzene rings is 2. The third-order valence-electron chi connectivity index (χ3n) is 7.36. The summed E-state index contributed by atoms with van der Waals surface area (Å²) in [7, 11) is 0. The van der Waals surface area contributed by atoms with Crippen molar-refractivity contribution in [3.8, 4) is 5.75 Å². The molecular formula is C26H21ClN2O5. The van der Waals surface area contributed by atoms with E-state index in [2.05, 4.69) is 12.2 Å². The van der Waals surface area contributed by atoms with Gasteiger partial charge in [-0.3, -0.25) is 19.2 Å². The summed E-state index contributed by atoms with van der Waals surface area (Å²) < 4.78 is 5.57. The third-order valence-corrected chi connectivity index (χ3v) is 7.61. The number of ether oxygens (including phenoxy) is 1. The Hall–Kier alpha value is -3.45. The Labute approximate surface area is 200 Å². The summed E-state index contributed by atoms with van der Waals surface area (Å²) in [5.74, 6) is -1.79. The number of amides is 3. The monoisotopic (exact) mass is 476 g/mol. The predicted molar refractivity (Wildman–Crippen MR) is 124 cm³/mol. The van der Waals surface area contributed by atoms with E-state index in [0.717, 1.165) is 6.42 Å². The van der Waals surface area contributed by atoms with Crippen LogP contribution in [0.1, 0.15) is 12.8 Å². The maximum Gasteiger partial charge on any atom is 0.316 e. The number of imide groups is 1. The standard InChI is InChI=1S/C26H21ClN2O5/c27-17-6-8-18(9-7-17)28-13-16(11-21(28)30)26(33)34-20-3-1-2-19(12-20)29-24(31)22-14-4-5-15(10-14)23(22)25(29)32/h1-9,12,14-16,22-23H,10-11,13H2. The zero-order valence-electron chi connectivity index (χ0n) is 18.1. The highest BCUT2D eigenvalue weighted by molar-refractivity contribution is 6.30. The first kappa shape index (κ1) is 21.1. The van der Waals surface area contributed by atoms with E-state index in [1.807, 2.05) is 0 Å². The number of esters is 1. The van der Waals surface area contributed by atoms with Crippen LogP contribution in [0.3, 0.4) is 0 Å². The van der Waals surface area contributed by atoms with Gasteiger partial charge in [0.25, 0.3) is 0 Å². The van der Waals surface area contributed by atoms with E-state index in [0.29, 0.717) is 16.4 Å². The Morgan fingerprint density at radius 1 is 0.912 bits per heavy atom. The predicted octanol–water partition coefficient (Wildman–Crippen LogP) is 3.61. The van der Waals surface area contributed by atoms with E-state index >= 15 is 0 Å². The highest BCUT2D eigenvalue weighted by Crippen LogP contribution is 2.53. The molecule has 0 radical (unpaired) electrons. The van der Waals surface area contributed by atoms with Crippen LogP contribution < -0.4 is 14.5 Å². The van der Waals surface area contributed by atoms with Gasteiger partial charge in [-0.1, -0.05) is 29.8 Å². The molecular weight excluding hydrogens is 456 g/mol. The molecule has 2 aromatic rings. The first-order valence-electron chi connectivity index (χ1n) is 11.3. The van der Waals surface area contributed by atoms with Crippen LogP contribution in [0.15, 0.2) is 60.7 Å². The van der Waals surface area contributed by atoms with Crippen molar-refractivity contribution in [1.82, 2.24) is 0 Å². The van der Waals surface area contributed by atoms with E-state index in [1.165, 1.54) is 11.0 Å². The molecule has 5 unspecified atom stereocenters. The molecule has 2 aromatic carbocycles. The fourth-order valence-corrected chi connectivity index (χ4v) is 5.90. The van der Waals surface area contributed by atoms with Gasteiger partial charge in [-0.2, -0.15) is 0 Å². The van der Waals surface area contributed by atoms with Crippen molar-refractivity contribution in [3.63, 3.8) is 0 Å². The molecule has 6 rings (SSSR count). The average Bonchev–Trinajstić information content (AvgIpc) is 3.58. The number of anilines is 2. The molecule has 4 aliphatic rings. The molecule has 5 atom stereocenters. The van der Waals surface area contributed by atoms with Crippen LogP contribution in [0.2, 0.25) is 5.02 Å². The molecule has 2 bridgehead atoms. The van der Waals surface area contributed by atoms with Crippen LogP contribution in [0.5, 0.6) is 5.75 Å². The normalized spacial score (nSPS) is 29.3. The van der Waals surface area contributed by atoms with Crippen LogP contribution >= 0.6 is 11.6 Å². The van der Waals surface area contributed by atoms with Gasteiger partial charge in [-0.25, -0.2) is 4.90 Å². The summed E-state index contributed by atoms with van der Waals surface area (Å²) in [6.07, 6.45) is 5.01. The zero-order chi connectivity index (χ0) is 23.6. The van der Waals surface area contributed by atoms with Crippen molar-refractivity contribution in [3.05, 3.63) is 65.7 Å². The van der Waals surface area contributed by atoms with Gasteiger partial charge < -0.3 is 9.64 Å². The number of hydrogen-bond donors (Lipinski definition) is 0. The molecule has 8 heteroatoms. The van der Waals surface area contributed by atoms with Crippen molar-refractivity contribution in [2.24, 2.45) is 29.6 Å². The lowest BCUT2D eigenvalue weighted by atomic mass is 9.85. The van der Waals surface area contributed by atoms with Gasteiger partial charge in [0.2, 0.25) is 17.7 Å². The molecule has 172 valence electrons. The van der Waals surface area contributed by atoms with Crippen molar-refractivity contribution in [1.29, 1.82) is 0 Å². The molecule has 2 saturated heterocycles. The van der Waals surface area contributed by atoms with Crippen LogP contribution in [-0.4, -0.2) is 30.2 Å². The summed E-state index contributed by atoms with van der Waals surface area (Å²) in [6.45, 7) is 0.210. The molecule has 0 N–H and O–H groups in total. The maximum absolute atomic E-state index is 13.1. The molecule has 7 nitrogen and oxygen atoms in total. The van der Waals surface area contributed by atoms with Crippen LogP contribution in [0.4, 0.5) is 11.4 Å². The first-order valence-corrected chi connectivity index (χ1v) is 11.7. The number of hydrogen-bond acceptors (Lipinski definition) is 5. The minimum atomic E-state index is -0.622. The van der Waals surface area contributed by atoms with E-state index in [9.17, 15) is 19.2 Å². The van der Waals surface area contributed by atoms with Crippen molar-refractivity contribution in [2.45, 2.75) is 12.8 Å². The van der Waals surface area contributed by atoms with Gasteiger partial charge in [-0.05, 0) is 54.7 Å². The fourth-order valence-electron chi connectivity index (χ4n) is 5.78. The molecule has 2 heterocycles. The molecule has 1 saturated carbocycles. The summed E-state index contributed by atoms with van der Waals surface area (Å²) >= 11 is 5.92. The Morgan fingerprint density at radius 2 is 1.59 bits per heavy atom. The Kier molecular flexibility index (Phi) is 4.85. The SMILES string of the molecule is O=C(Oc1cccc(N2C(=O)C3C4C=CC(C4)C3C2=O)c1)C1CC(=O)N(c2ccc(Cl)cc2)C1. The highest BCUT2D eigenvalue weighted by atomic mass is 35.5. The second-order valence-corrected chi connectivity index (χ2v) is 9.75. The number of nitrogens with zero attached hydrogens (tertiary/aromatic N) is 2. The van der Waals surface area contributed by atoms with Gasteiger partial charge in [0.1, 0.15) is 5.75 Å². The van der Waals surface area contributed by atoms with Crippen molar-refractivity contribution >= 4 is 46.7 Å². The zero-order valence-corrected chi connectivity index (χ0v) is 18.9. The summed E-state index contributed by atoms with van der Waals surface area (Å²) in [5.41, 5.74) is 1.08. The molecule has 3 amide bonds. The lowest BCUT2D eigenvalue weighted by molar-refractivity contribution is -0.139. The summed E-state index contributed by atoms with van der Waals surface area (Å²) in [5, 5.41) is 0.564. The maximum atomic E-state index is 13.1. The van der Waals surface area contributed by atoms with E-state index in [-0.39, 0.29) is 60.1 Å². The van der Waals surface area contributed by atoms with Gasteiger partial charge in [0, 0.05) is 29.7 Å². The molecule has 0 aromatic heterocycles. The summed E-state index contributed by atoms with van der Waals surface area (Å²) in [4.78, 5) is 54.2. The second-order valence-electron chi connectivity index (χ2n) is 9.31. The van der Waals surface area contributed by atoms with Gasteiger partial charge in [-0.15, -0.1) is 0 Å². The molecule has 2 aliphatic carbocycles. The Balaban J connectivity index is 1.16. The lowest BCUT2D eigenvalue weighted by Crippen LogP contribution is -2.32. The number of halogens is 1. The highest BCUT2D eigenvalue weighted by Gasteiger charge is 2.59. The topological polar surface area (TPSA) is 84.0 Å². The fraction of sp³-hybridized carbons (Fsp3) is 0.308. The minimum Gasteiger partial charge on any atom is -0.426 e.